The summed E-state index contributed by atoms with van der Waals surface area (Å²) in [5, 5.41) is 9.17. The van der Waals surface area contributed by atoms with E-state index in [1.807, 2.05) is 0 Å². The molecule has 1 N–H and O–H groups in total. The fourth-order valence-corrected chi connectivity index (χ4v) is 1.41. The third-order valence-corrected chi connectivity index (χ3v) is 2.48. The molecule has 1 heterocycles. The van der Waals surface area contributed by atoms with Crippen molar-refractivity contribution in [3.05, 3.63) is 35.2 Å². The number of aryl methyl sites for hydroxylation is 1. The molecule has 0 amide bonds. The summed E-state index contributed by atoms with van der Waals surface area (Å²) in [6, 6.07) is 2.39. The SMILES string of the molecule is Cc1ccc(F)c(Nc2nnc(C(C)Cl)o2)c1F. The van der Waals surface area contributed by atoms with Crippen molar-refractivity contribution >= 4 is 23.3 Å². The van der Waals surface area contributed by atoms with Crippen LogP contribution in [0.15, 0.2) is 16.5 Å². The lowest BCUT2D eigenvalue weighted by Gasteiger charge is -2.06. The number of anilines is 2. The molecule has 0 aliphatic heterocycles. The van der Waals surface area contributed by atoms with Gasteiger partial charge in [0.15, 0.2) is 5.82 Å². The Kier molecular flexibility index (Phi) is 3.47. The number of benzene rings is 1. The normalized spacial score (nSPS) is 12.5. The van der Waals surface area contributed by atoms with Crippen molar-refractivity contribution < 1.29 is 13.2 Å². The van der Waals surface area contributed by atoms with E-state index in [9.17, 15) is 8.78 Å². The molecule has 4 nitrogen and oxygen atoms in total. The Balaban J connectivity index is 2.31. The van der Waals surface area contributed by atoms with Crippen molar-refractivity contribution in [1.82, 2.24) is 10.2 Å². The second kappa shape index (κ2) is 4.89. The van der Waals surface area contributed by atoms with Crippen molar-refractivity contribution in [2.24, 2.45) is 0 Å². The first-order valence-corrected chi connectivity index (χ1v) is 5.61. The Morgan fingerprint density at radius 2 is 2.06 bits per heavy atom. The lowest BCUT2D eigenvalue weighted by Crippen LogP contribution is -1.99. The van der Waals surface area contributed by atoms with Gasteiger partial charge in [-0.05, 0) is 25.5 Å². The van der Waals surface area contributed by atoms with Crippen LogP contribution in [-0.4, -0.2) is 10.2 Å². The van der Waals surface area contributed by atoms with Crippen molar-refractivity contribution in [2.75, 3.05) is 5.32 Å². The molecule has 0 saturated carbocycles. The third kappa shape index (κ3) is 2.43. The Morgan fingerprint density at radius 1 is 1.33 bits per heavy atom. The van der Waals surface area contributed by atoms with Gasteiger partial charge in [-0.2, -0.15) is 0 Å². The van der Waals surface area contributed by atoms with E-state index >= 15 is 0 Å². The maximum absolute atomic E-state index is 13.7. The van der Waals surface area contributed by atoms with Crippen LogP contribution in [0.5, 0.6) is 0 Å². The summed E-state index contributed by atoms with van der Waals surface area (Å²) in [5.74, 6) is -1.27. The second-order valence-corrected chi connectivity index (χ2v) is 4.39. The van der Waals surface area contributed by atoms with Crippen LogP contribution in [0.2, 0.25) is 0 Å². The molecule has 1 aromatic heterocycles. The first kappa shape index (κ1) is 12.8. The minimum absolute atomic E-state index is 0.110. The largest absolute Gasteiger partial charge is 0.406 e. The average Bonchev–Trinajstić information content (AvgIpc) is 2.78. The van der Waals surface area contributed by atoms with Gasteiger partial charge >= 0.3 is 6.01 Å². The number of nitrogens with zero attached hydrogens (tertiary/aromatic N) is 2. The van der Waals surface area contributed by atoms with Gasteiger partial charge in [-0.15, -0.1) is 16.7 Å². The fourth-order valence-electron chi connectivity index (χ4n) is 1.32. The number of halogens is 3. The lowest BCUT2D eigenvalue weighted by molar-refractivity contribution is 0.507. The molecule has 0 radical (unpaired) electrons. The maximum Gasteiger partial charge on any atom is 0.320 e. The number of alkyl halides is 1. The van der Waals surface area contributed by atoms with E-state index in [0.29, 0.717) is 5.56 Å². The quantitative estimate of drug-likeness (QED) is 0.867. The molecule has 0 spiro atoms. The standard InChI is InChI=1S/C11H10ClF2N3O/c1-5-3-4-7(13)9(8(5)14)15-11-17-16-10(18-11)6(2)12/h3-4,6H,1-2H3,(H,15,17). The molecule has 0 bridgehead atoms. The molecule has 1 atom stereocenters. The second-order valence-electron chi connectivity index (χ2n) is 3.74. The zero-order chi connectivity index (χ0) is 13.3. The average molecular weight is 274 g/mol. The topological polar surface area (TPSA) is 51.0 Å². The Labute approximate surface area is 107 Å². The highest BCUT2D eigenvalue weighted by atomic mass is 35.5. The molecule has 7 heteroatoms. The molecule has 1 unspecified atom stereocenters. The summed E-state index contributed by atoms with van der Waals surface area (Å²) in [4.78, 5) is 0. The predicted molar refractivity (Wildman–Crippen MR) is 62.9 cm³/mol. The molecule has 1 aromatic carbocycles. The molecule has 0 fully saturated rings. The van der Waals surface area contributed by atoms with Crippen LogP contribution in [0.3, 0.4) is 0 Å². The molecule has 2 aromatic rings. The molecule has 2 rings (SSSR count). The third-order valence-electron chi connectivity index (χ3n) is 2.30. The molecular weight excluding hydrogens is 264 g/mol. The summed E-state index contributed by atoms with van der Waals surface area (Å²) in [5.41, 5.74) is -0.0169. The molecule has 0 saturated heterocycles. The number of nitrogens with one attached hydrogen (secondary N) is 1. The van der Waals surface area contributed by atoms with Crippen LogP contribution >= 0.6 is 11.6 Å². The van der Waals surface area contributed by atoms with Gasteiger partial charge in [0.05, 0.1) is 0 Å². The smallest absolute Gasteiger partial charge is 0.320 e. The van der Waals surface area contributed by atoms with Crippen LogP contribution < -0.4 is 5.32 Å². The van der Waals surface area contributed by atoms with Crippen molar-refractivity contribution in [2.45, 2.75) is 19.2 Å². The van der Waals surface area contributed by atoms with Gasteiger partial charge < -0.3 is 9.73 Å². The number of hydrogen-bond acceptors (Lipinski definition) is 4. The molecule has 0 aliphatic carbocycles. The van der Waals surface area contributed by atoms with E-state index in [-0.39, 0.29) is 17.6 Å². The number of hydrogen-bond donors (Lipinski definition) is 1. The van der Waals surface area contributed by atoms with Crippen LogP contribution in [0.4, 0.5) is 20.5 Å². The maximum atomic E-state index is 13.7. The van der Waals surface area contributed by atoms with Gasteiger partial charge in [-0.1, -0.05) is 11.2 Å². The van der Waals surface area contributed by atoms with Crippen molar-refractivity contribution in [3.8, 4) is 0 Å². The van der Waals surface area contributed by atoms with Crippen LogP contribution in [0.25, 0.3) is 0 Å². The van der Waals surface area contributed by atoms with Gasteiger partial charge in [-0.3, -0.25) is 0 Å². The molecule has 96 valence electrons. The van der Waals surface area contributed by atoms with Crippen LogP contribution in [0, 0.1) is 18.6 Å². The van der Waals surface area contributed by atoms with E-state index in [0.717, 1.165) is 6.07 Å². The minimum atomic E-state index is -0.739. The first-order valence-electron chi connectivity index (χ1n) is 5.18. The first-order chi connectivity index (χ1) is 8.49. The van der Waals surface area contributed by atoms with Gasteiger partial charge in [0.1, 0.15) is 16.9 Å². The summed E-state index contributed by atoms with van der Waals surface area (Å²) in [6.07, 6.45) is 0. The summed E-state index contributed by atoms with van der Waals surface area (Å²) < 4.78 is 32.3. The van der Waals surface area contributed by atoms with Crippen LogP contribution in [-0.2, 0) is 0 Å². The van der Waals surface area contributed by atoms with Gasteiger partial charge in [-0.25, -0.2) is 8.78 Å². The van der Waals surface area contributed by atoms with Crippen molar-refractivity contribution in [1.29, 1.82) is 0 Å². The Bertz CT molecular complexity index is 571. The lowest BCUT2D eigenvalue weighted by atomic mass is 10.2. The summed E-state index contributed by atoms with van der Waals surface area (Å²) in [6.45, 7) is 3.17. The predicted octanol–water partition coefficient (Wildman–Crippen LogP) is 3.70. The van der Waals surface area contributed by atoms with E-state index in [1.54, 1.807) is 6.92 Å². The molecular formula is C11H10ClF2N3O. The van der Waals surface area contributed by atoms with Gasteiger partial charge in [0, 0.05) is 0 Å². The number of aromatic nitrogens is 2. The monoisotopic (exact) mass is 273 g/mol. The van der Waals surface area contributed by atoms with E-state index in [4.69, 9.17) is 16.0 Å². The Hall–Kier alpha value is -1.69. The fraction of sp³-hybridized carbons (Fsp3) is 0.273. The van der Waals surface area contributed by atoms with E-state index in [1.165, 1.54) is 13.0 Å². The highest BCUT2D eigenvalue weighted by Gasteiger charge is 2.16. The molecule has 0 aliphatic rings. The minimum Gasteiger partial charge on any atom is -0.406 e. The highest BCUT2D eigenvalue weighted by Crippen LogP contribution is 2.26. The Morgan fingerprint density at radius 3 is 2.67 bits per heavy atom. The summed E-state index contributed by atoms with van der Waals surface area (Å²) >= 11 is 5.74. The zero-order valence-electron chi connectivity index (χ0n) is 9.67. The van der Waals surface area contributed by atoms with Crippen LogP contribution in [0.1, 0.15) is 23.8 Å². The molecule has 18 heavy (non-hydrogen) atoms. The van der Waals surface area contributed by atoms with E-state index in [2.05, 4.69) is 15.5 Å². The summed E-state index contributed by atoms with van der Waals surface area (Å²) in [7, 11) is 0. The highest BCUT2D eigenvalue weighted by molar-refractivity contribution is 6.20. The van der Waals surface area contributed by atoms with Gasteiger partial charge in [0.2, 0.25) is 5.89 Å². The number of rotatable bonds is 3. The zero-order valence-corrected chi connectivity index (χ0v) is 10.4. The van der Waals surface area contributed by atoms with E-state index < -0.39 is 17.0 Å². The van der Waals surface area contributed by atoms with Gasteiger partial charge in [0.25, 0.3) is 0 Å². The van der Waals surface area contributed by atoms with Crippen molar-refractivity contribution in [3.63, 3.8) is 0 Å².